The second-order valence-corrected chi connectivity index (χ2v) is 7.61. The Bertz CT molecular complexity index is 802. The number of piperidine rings is 1. The van der Waals surface area contributed by atoms with Crippen molar-refractivity contribution in [2.45, 2.75) is 44.2 Å². The summed E-state index contributed by atoms with van der Waals surface area (Å²) >= 11 is 0. The van der Waals surface area contributed by atoms with Crippen LogP contribution in [0.2, 0.25) is 0 Å². The molecule has 1 aliphatic carbocycles. The molecular formula is C18H27N7O2. The van der Waals surface area contributed by atoms with E-state index in [2.05, 4.69) is 20.5 Å². The number of aryl methyl sites for hydroxylation is 1. The highest BCUT2D eigenvalue weighted by molar-refractivity contribution is 5.74. The molecule has 2 aliphatic rings. The molecule has 0 spiro atoms. The highest BCUT2D eigenvalue weighted by atomic mass is 16.3. The lowest BCUT2D eigenvalue weighted by atomic mass is 9.96. The minimum atomic E-state index is -0.111. The third-order valence-corrected chi connectivity index (χ3v) is 5.80. The Balaban J connectivity index is 1.37. The Labute approximate surface area is 158 Å². The molecule has 0 unspecified atom stereocenters. The molecule has 0 bridgehead atoms. The van der Waals surface area contributed by atoms with Gasteiger partial charge in [0.1, 0.15) is 18.3 Å². The number of aliphatic hydroxyl groups excluding tert-OH is 1. The quantitative estimate of drug-likeness (QED) is 0.817. The van der Waals surface area contributed by atoms with Crippen LogP contribution in [0.3, 0.4) is 0 Å². The maximum atomic E-state index is 12.8. The Kier molecular flexibility index (Phi) is 4.86. The average molecular weight is 373 g/mol. The van der Waals surface area contributed by atoms with Crippen molar-refractivity contribution in [2.24, 2.45) is 20.0 Å². The lowest BCUT2D eigenvalue weighted by Crippen LogP contribution is -2.46. The molecule has 0 aromatic carbocycles. The smallest absolute Gasteiger partial charge is 0.317 e. The number of hydrogen-bond acceptors (Lipinski definition) is 5. The van der Waals surface area contributed by atoms with E-state index in [1.807, 2.05) is 34.3 Å². The molecule has 9 nitrogen and oxygen atoms in total. The van der Waals surface area contributed by atoms with E-state index in [0.29, 0.717) is 24.8 Å². The molecule has 0 radical (unpaired) electrons. The van der Waals surface area contributed by atoms with Crippen LogP contribution in [0.25, 0.3) is 0 Å². The molecule has 1 saturated carbocycles. The molecular weight excluding hydrogens is 346 g/mol. The summed E-state index contributed by atoms with van der Waals surface area (Å²) < 4.78 is 3.85. The van der Waals surface area contributed by atoms with Gasteiger partial charge >= 0.3 is 6.03 Å². The fraction of sp³-hybridized carbons (Fsp3) is 0.667. The van der Waals surface area contributed by atoms with Gasteiger partial charge in [-0.1, -0.05) is 0 Å². The number of carbonyl (C=O) groups is 1. The molecule has 3 heterocycles. The number of hydrogen-bond donors (Lipinski definition) is 2. The van der Waals surface area contributed by atoms with Crippen LogP contribution in [0.5, 0.6) is 0 Å². The topological polar surface area (TPSA) is 101 Å². The van der Waals surface area contributed by atoms with Gasteiger partial charge in [-0.05, 0) is 31.6 Å². The van der Waals surface area contributed by atoms with Crippen LogP contribution in [0, 0.1) is 5.92 Å². The standard InChI is InChI=1S/C18H27N7O2/c1-23-10-7-19-17(23)15(12-3-4-12)20-18(27)25-8-5-13(6-9-25)16-22-21-14(11-26)24(16)2/h7,10,12-13,15,26H,3-6,8-9,11H2,1-2H3,(H,20,27)/t15-/m1/s1. The van der Waals surface area contributed by atoms with Crippen LogP contribution in [-0.4, -0.2) is 53.4 Å². The third-order valence-electron chi connectivity index (χ3n) is 5.80. The summed E-state index contributed by atoms with van der Waals surface area (Å²) in [6, 6.07) is -0.0246. The molecule has 27 heavy (non-hydrogen) atoms. The van der Waals surface area contributed by atoms with Crippen LogP contribution in [0.1, 0.15) is 55.1 Å². The zero-order valence-corrected chi connectivity index (χ0v) is 15.9. The Hall–Kier alpha value is -2.42. The van der Waals surface area contributed by atoms with Gasteiger partial charge in [0.2, 0.25) is 0 Å². The summed E-state index contributed by atoms with van der Waals surface area (Å²) in [5.41, 5.74) is 0. The van der Waals surface area contributed by atoms with E-state index < -0.39 is 0 Å². The molecule has 9 heteroatoms. The van der Waals surface area contributed by atoms with Crippen molar-refractivity contribution in [3.63, 3.8) is 0 Å². The number of imidazole rings is 1. The number of nitrogens with one attached hydrogen (secondary N) is 1. The number of nitrogens with zero attached hydrogens (tertiary/aromatic N) is 6. The van der Waals surface area contributed by atoms with E-state index in [1.54, 1.807) is 6.20 Å². The second-order valence-electron chi connectivity index (χ2n) is 7.61. The first-order chi connectivity index (χ1) is 13.1. The van der Waals surface area contributed by atoms with E-state index in [9.17, 15) is 9.90 Å². The van der Waals surface area contributed by atoms with Crippen LogP contribution in [-0.2, 0) is 20.7 Å². The normalized spacial score (nSPS) is 19.3. The highest BCUT2D eigenvalue weighted by Crippen LogP contribution is 2.40. The third kappa shape index (κ3) is 3.55. The van der Waals surface area contributed by atoms with E-state index in [0.717, 1.165) is 37.3 Å². The lowest BCUT2D eigenvalue weighted by Gasteiger charge is -2.32. The van der Waals surface area contributed by atoms with Crippen molar-refractivity contribution in [3.8, 4) is 0 Å². The number of carbonyl (C=O) groups excluding carboxylic acids is 1. The molecule has 2 amide bonds. The zero-order valence-electron chi connectivity index (χ0n) is 15.9. The van der Waals surface area contributed by atoms with Gasteiger partial charge in [0.25, 0.3) is 0 Å². The summed E-state index contributed by atoms with van der Waals surface area (Å²) in [6.45, 7) is 1.27. The van der Waals surface area contributed by atoms with Gasteiger partial charge in [-0.3, -0.25) is 0 Å². The molecule has 2 N–H and O–H groups in total. The van der Waals surface area contributed by atoms with Gasteiger partial charge in [0.05, 0.1) is 6.04 Å². The van der Waals surface area contributed by atoms with Crippen LogP contribution >= 0.6 is 0 Å². The first-order valence-corrected chi connectivity index (χ1v) is 9.60. The number of likely N-dealkylation sites (tertiary alicyclic amines) is 1. The predicted molar refractivity (Wildman–Crippen MR) is 97.7 cm³/mol. The average Bonchev–Trinajstić information content (AvgIpc) is 3.33. The van der Waals surface area contributed by atoms with Gasteiger partial charge in [-0.2, -0.15) is 0 Å². The summed E-state index contributed by atoms with van der Waals surface area (Å²) in [7, 11) is 3.85. The summed E-state index contributed by atoms with van der Waals surface area (Å²) in [5, 5.41) is 20.7. The van der Waals surface area contributed by atoms with Crippen LogP contribution in [0.15, 0.2) is 12.4 Å². The first-order valence-electron chi connectivity index (χ1n) is 9.60. The Morgan fingerprint density at radius 3 is 2.56 bits per heavy atom. The number of amides is 2. The largest absolute Gasteiger partial charge is 0.388 e. The Morgan fingerprint density at radius 2 is 2.00 bits per heavy atom. The first kappa shape index (κ1) is 18.0. The maximum absolute atomic E-state index is 12.8. The van der Waals surface area contributed by atoms with Crippen molar-refractivity contribution >= 4 is 6.03 Å². The van der Waals surface area contributed by atoms with E-state index in [1.165, 1.54) is 0 Å². The highest BCUT2D eigenvalue weighted by Gasteiger charge is 2.37. The number of urea groups is 1. The van der Waals surface area contributed by atoms with Crippen molar-refractivity contribution < 1.29 is 9.90 Å². The molecule has 146 valence electrons. The number of aromatic nitrogens is 5. The van der Waals surface area contributed by atoms with Crippen molar-refractivity contribution in [2.75, 3.05) is 13.1 Å². The van der Waals surface area contributed by atoms with E-state index in [4.69, 9.17) is 0 Å². The van der Waals surface area contributed by atoms with E-state index >= 15 is 0 Å². The van der Waals surface area contributed by atoms with Crippen LogP contribution in [0.4, 0.5) is 4.79 Å². The lowest BCUT2D eigenvalue weighted by molar-refractivity contribution is 0.174. The monoisotopic (exact) mass is 373 g/mol. The fourth-order valence-corrected chi connectivity index (χ4v) is 3.93. The zero-order chi connectivity index (χ0) is 19.0. The van der Waals surface area contributed by atoms with Gasteiger partial charge < -0.3 is 24.5 Å². The van der Waals surface area contributed by atoms with Gasteiger partial charge in [0, 0.05) is 45.5 Å². The van der Waals surface area contributed by atoms with Gasteiger partial charge in [-0.15, -0.1) is 10.2 Å². The van der Waals surface area contributed by atoms with Crippen LogP contribution < -0.4 is 5.32 Å². The van der Waals surface area contributed by atoms with Gasteiger partial charge in [-0.25, -0.2) is 9.78 Å². The Morgan fingerprint density at radius 1 is 1.26 bits per heavy atom. The minimum Gasteiger partial charge on any atom is -0.388 e. The number of aliphatic hydroxyl groups is 1. The van der Waals surface area contributed by atoms with Crippen molar-refractivity contribution in [1.29, 1.82) is 0 Å². The number of rotatable bonds is 5. The molecule has 2 aromatic rings. The summed E-state index contributed by atoms with van der Waals surface area (Å²) in [6.07, 6.45) is 7.68. The van der Waals surface area contributed by atoms with Crippen molar-refractivity contribution in [1.82, 2.24) is 34.5 Å². The predicted octanol–water partition coefficient (Wildman–Crippen LogP) is 1.08. The molecule has 1 atom stereocenters. The minimum absolute atomic E-state index is 0.0117. The maximum Gasteiger partial charge on any atom is 0.317 e. The van der Waals surface area contributed by atoms with Crippen molar-refractivity contribution in [3.05, 3.63) is 29.9 Å². The van der Waals surface area contributed by atoms with E-state index in [-0.39, 0.29) is 24.6 Å². The molecule has 4 rings (SSSR count). The summed E-state index contributed by atoms with van der Waals surface area (Å²) in [5.74, 6) is 3.15. The molecule has 2 aromatic heterocycles. The fourth-order valence-electron chi connectivity index (χ4n) is 3.93. The SMILES string of the molecule is Cn1ccnc1[C@H](NC(=O)N1CCC(c2nnc(CO)n2C)CC1)C1CC1. The second kappa shape index (κ2) is 7.30. The van der Waals surface area contributed by atoms with Gasteiger partial charge in [0.15, 0.2) is 5.82 Å². The molecule has 1 aliphatic heterocycles. The molecule has 1 saturated heterocycles. The summed E-state index contributed by atoms with van der Waals surface area (Å²) in [4.78, 5) is 19.1. The molecule has 2 fully saturated rings.